The van der Waals surface area contributed by atoms with Crippen molar-refractivity contribution in [3.8, 4) is 0 Å². The van der Waals surface area contributed by atoms with E-state index in [1.165, 1.54) is 0 Å². The second-order valence-corrected chi connectivity index (χ2v) is 4.82. The molecule has 2 N–H and O–H groups in total. The molecule has 1 amide bonds. The number of hydrogen-bond acceptors (Lipinski definition) is 3. The van der Waals surface area contributed by atoms with Crippen molar-refractivity contribution < 1.29 is 4.79 Å². The highest BCUT2D eigenvalue weighted by atomic mass is 35.5. The highest BCUT2D eigenvalue weighted by molar-refractivity contribution is 6.33. The zero-order valence-corrected chi connectivity index (χ0v) is 12.4. The maximum absolute atomic E-state index is 12.0. The molecular weight excluding hydrogens is 262 g/mol. The Morgan fingerprint density at radius 2 is 2.00 bits per heavy atom. The van der Waals surface area contributed by atoms with Gasteiger partial charge in [-0.2, -0.15) is 0 Å². The first-order valence-electron chi connectivity index (χ1n) is 6.87. The Morgan fingerprint density at radius 1 is 1.21 bits per heavy atom. The third kappa shape index (κ3) is 5.47. The number of hydrogen-bond donors (Lipinski definition) is 2. The summed E-state index contributed by atoms with van der Waals surface area (Å²) >= 11 is 6.01. The number of carbonyl (C=O) groups is 1. The lowest BCUT2D eigenvalue weighted by Gasteiger charge is -2.09. The van der Waals surface area contributed by atoms with Crippen LogP contribution in [0.4, 0.5) is 5.82 Å². The van der Waals surface area contributed by atoms with Crippen molar-refractivity contribution in [1.82, 2.24) is 10.3 Å². The summed E-state index contributed by atoms with van der Waals surface area (Å²) < 4.78 is 0. The summed E-state index contributed by atoms with van der Waals surface area (Å²) in [6, 6.07) is 3.49. The van der Waals surface area contributed by atoms with Crippen molar-refractivity contribution in [1.29, 1.82) is 0 Å². The van der Waals surface area contributed by atoms with E-state index >= 15 is 0 Å². The van der Waals surface area contributed by atoms with E-state index in [1.54, 1.807) is 12.1 Å². The minimum Gasteiger partial charge on any atom is -0.370 e. The summed E-state index contributed by atoms with van der Waals surface area (Å²) in [6.45, 7) is 5.69. The SMILES string of the molecule is CCCCCNC(=O)c1nc(NCCC)ccc1Cl. The molecule has 1 aromatic rings. The van der Waals surface area contributed by atoms with Crippen LogP contribution in [0.25, 0.3) is 0 Å². The van der Waals surface area contributed by atoms with E-state index in [-0.39, 0.29) is 5.91 Å². The van der Waals surface area contributed by atoms with Crippen molar-refractivity contribution >= 4 is 23.3 Å². The van der Waals surface area contributed by atoms with Crippen LogP contribution in [0.2, 0.25) is 5.02 Å². The van der Waals surface area contributed by atoms with Gasteiger partial charge in [0.25, 0.3) is 5.91 Å². The Morgan fingerprint density at radius 3 is 2.68 bits per heavy atom. The number of nitrogens with zero attached hydrogens (tertiary/aromatic N) is 1. The molecule has 106 valence electrons. The average molecular weight is 284 g/mol. The first-order valence-corrected chi connectivity index (χ1v) is 7.25. The lowest BCUT2D eigenvalue weighted by Crippen LogP contribution is -2.26. The fraction of sp³-hybridized carbons (Fsp3) is 0.571. The van der Waals surface area contributed by atoms with Gasteiger partial charge in [-0.05, 0) is 25.0 Å². The molecule has 0 saturated carbocycles. The first kappa shape index (κ1) is 15.8. The Bertz CT molecular complexity index is 410. The molecule has 1 heterocycles. The lowest BCUT2D eigenvalue weighted by atomic mass is 10.2. The molecule has 0 aromatic carbocycles. The summed E-state index contributed by atoms with van der Waals surface area (Å²) in [7, 11) is 0. The monoisotopic (exact) mass is 283 g/mol. The van der Waals surface area contributed by atoms with Crippen LogP contribution in [0, 0.1) is 0 Å². The van der Waals surface area contributed by atoms with E-state index < -0.39 is 0 Å². The number of rotatable bonds is 8. The molecule has 1 rings (SSSR count). The van der Waals surface area contributed by atoms with Gasteiger partial charge in [-0.15, -0.1) is 0 Å². The van der Waals surface area contributed by atoms with Gasteiger partial charge in [0.1, 0.15) is 11.5 Å². The topological polar surface area (TPSA) is 54.0 Å². The molecule has 0 spiro atoms. The van der Waals surface area contributed by atoms with Crippen LogP contribution in [-0.2, 0) is 0 Å². The maximum atomic E-state index is 12.0. The molecule has 1 aromatic heterocycles. The van der Waals surface area contributed by atoms with Crippen LogP contribution in [0.15, 0.2) is 12.1 Å². The van der Waals surface area contributed by atoms with Crippen LogP contribution in [0.1, 0.15) is 50.0 Å². The Balaban J connectivity index is 2.61. The van der Waals surface area contributed by atoms with Gasteiger partial charge in [0.15, 0.2) is 0 Å². The van der Waals surface area contributed by atoms with E-state index in [9.17, 15) is 4.79 Å². The molecule has 0 aliphatic heterocycles. The van der Waals surface area contributed by atoms with Crippen LogP contribution in [-0.4, -0.2) is 24.0 Å². The van der Waals surface area contributed by atoms with Crippen LogP contribution in [0.5, 0.6) is 0 Å². The Hall–Kier alpha value is -1.29. The quantitative estimate of drug-likeness (QED) is 0.718. The molecule has 0 radical (unpaired) electrons. The fourth-order valence-corrected chi connectivity index (χ4v) is 1.80. The van der Waals surface area contributed by atoms with E-state index in [0.717, 1.165) is 32.2 Å². The number of unbranched alkanes of at least 4 members (excludes halogenated alkanes) is 2. The average Bonchev–Trinajstić information content (AvgIpc) is 2.42. The van der Waals surface area contributed by atoms with Gasteiger partial charge in [0, 0.05) is 13.1 Å². The van der Waals surface area contributed by atoms with Crippen molar-refractivity contribution in [3.05, 3.63) is 22.8 Å². The van der Waals surface area contributed by atoms with E-state index in [2.05, 4.69) is 29.5 Å². The van der Waals surface area contributed by atoms with E-state index in [4.69, 9.17) is 11.6 Å². The Kier molecular flexibility index (Phi) is 7.26. The number of aromatic nitrogens is 1. The number of nitrogens with one attached hydrogen (secondary N) is 2. The van der Waals surface area contributed by atoms with Gasteiger partial charge in [-0.25, -0.2) is 4.98 Å². The summed E-state index contributed by atoms with van der Waals surface area (Å²) in [4.78, 5) is 16.2. The van der Waals surface area contributed by atoms with Gasteiger partial charge in [0.05, 0.1) is 5.02 Å². The van der Waals surface area contributed by atoms with Crippen molar-refractivity contribution in [2.75, 3.05) is 18.4 Å². The van der Waals surface area contributed by atoms with Gasteiger partial charge in [-0.3, -0.25) is 4.79 Å². The fourth-order valence-electron chi connectivity index (χ4n) is 1.61. The third-order valence-electron chi connectivity index (χ3n) is 2.68. The summed E-state index contributed by atoms with van der Waals surface area (Å²) in [5.41, 5.74) is 0.291. The minimum absolute atomic E-state index is 0.207. The van der Waals surface area contributed by atoms with Crippen LogP contribution < -0.4 is 10.6 Å². The molecule has 5 heteroatoms. The molecule has 19 heavy (non-hydrogen) atoms. The van der Waals surface area contributed by atoms with Crippen molar-refractivity contribution in [2.24, 2.45) is 0 Å². The van der Waals surface area contributed by atoms with E-state index in [1.807, 2.05) is 0 Å². The minimum atomic E-state index is -0.207. The number of carbonyl (C=O) groups excluding carboxylic acids is 1. The van der Waals surface area contributed by atoms with Crippen LogP contribution >= 0.6 is 11.6 Å². The predicted octanol–water partition coefficient (Wildman–Crippen LogP) is 3.48. The van der Waals surface area contributed by atoms with Crippen LogP contribution in [0.3, 0.4) is 0 Å². The highest BCUT2D eigenvalue weighted by Crippen LogP contribution is 2.16. The van der Waals surface area contributed by atoms with Gasteiger partial charge >= 0.3 is 0 Å². The van der Waals surface area contributed by atoms with Gasteiger partial charge in [0.2, 0.25) is 0 Å². The second-order valence-electron chi connectivity index (χ2n) is 4.42. The van der Waals surface area contributed by atoms with E-state index in [0.29, 0.717) is 23.1 Å². The first-order chi connectivity index (χ1) is 9.19. The zero-order chi connectivity index (χ0) is 14.1. The zero-order valence-electron chi connectivity index (χ0n) is 11.6. The van der Waals surface area contributed by atoms with Crippen molar-refractivity contribution in [3.63, 3.8) is 0 Å². The molecule has 0 saturated heterocycles. The highest BCUT2D eigenvalue weighted by Gasteiger charge is 2.12. The number of pyridine rings is 1. The molecular formula is C14H22ClN3O. The van der Waals surface area contributed by atoms with Crippen molar-refractivity contribution in [2.45, 2.75) is 39.5 Å². The summed E-state index contributed by atoms with van der Waals surface area (Å²) in [5, 5.41) is 6.37. The molecule has 0 aliphatic carbocycles. The number of halogens is 1. The largest absolute Gasteiger partial charge is 0.370 e. The maximum Gasteiger partial charge on any atom is 0.271 e. The summed E-state index contributed by atoms with van der Waals surface area (Å²) in [5.74, 6) is 0.478. The molecule has 0 unspecified atom stereocenters. The van der Waals surface area contributed by atoms with Gasteiger partial charge < -0.3 is 10.6 Å². The number of amides is 1. The molecule has 4 nitrogen and oxygen atoms in total. The standard InChI is InChI=1S/C14H22ClN3O/c1-3-5-6-10-17-14(19)13-11(15)7-8-12(18-13)16-9-4-2/h7-8H,3-6,9-10H2,1-2H3,(H,16,18)(H,17,19). The Labute approximate surface area is 120 Å². The predicted molar refractivity (Wildman–Crippen MR) is 79.9 cm³/mol. The molecule has 0 fully saturated rings. The summed E-state index contributed by atoms with van der Waals surface area (Å²) in [6.07, 6.45) is 4.22. The second kappa shape index (κ2) is 8.75. The molecule has 0 aliphatic rings. The number of anilines is 1. The van der Waals surface area contributed by atoms with Gasteiger partial charge in [-0.1, -0.05) is 38.3 Å². The lowest BCUT2D eigenvalue weighted by molar-refractivity contribution is 0.0948. The normalized spacial score (nSPS) is 10.3. The third-order valence-corrected chi connectivity index (χ3v) is 2.99. The smallest absolute Gasteiger partial charge is 0.271 e. The molecule has 0 bridgehead atoms. The molecule has 0 atom stereocenters.